The molecule has 1 unspecified atom stereocenters. The van der Waals surface area contributed by atoms with Gasteiger partial charge in [0.05, 0.1) is 6.61 Å². The third-order valence-electron chi connectivity index (χ3n) is 3.34. The van der Waals surface area contributed by atoms with E-state index in [9.17, 15) is 4.79 Å². The summed E-state index contributed by atoms with van der Waals surface area (Å²) in [5.74, 6) is 1.89. The van der Waals surface area contributed by atoms with Crippen LogP contribution in [0.1, 0.15) is 39.2 Å². The number of hydrogen-bond acceptors (Lipinski definition) is 4. The number of hydrogen-bond donors (Lipinski definition) is 1. The van der Waals surface area contributed by atoms with E-state index in [2.05, 4.69) is 12.2 Å². The van der Waals surface area contributed by atoms with Crippen molar-refractivity contribution in [2.75, 3.05) is 24.7 Å². The zero-order valence-corrected chi connectivity index (χ0v) is 14.2. The third kappa shape index (κ3) is 5.04. The standard InChI is InChI=1S/C17H27NO2S/c1-4-13-21-14-12-17(18-5-2,16(19)20-6-3)15-10-8-7-9-11-15/h7-11,18H,4-6,12-14H2,1-3H3. The summed E-state index contributed by atoms with van der Waals surface area (Å²) < 4.78 is 5.36. The van der Waals surface area contributed by atoms with Crippen LogP contribution in [0.3, 0.4) is 0 Å². The van der Waals surface area contributed by atoms with Gasteiger partial charge in [-0.05, 0) is 43.4 Å². The van der Waals surface area contributed by atoms with Crippen molar-refractivity contribution in [2.45, 2.75) is 39.2 Å². The first-order valence-corrected chi connectivity index (χ1v) is 8.92. The highest BCUT2D eigenvalue weighted by Gasteiger charge is 2.40. The minimum Gasteiger partial charge on any atom is -0.464 e. The molecule has 0 aliphatic rings. The van der Waals surface area contributed by atoms with Crippen LogP contribution in [0.5, 0.6) is 0 Å². The molecule has 3 nitrogen and oxygen atoms in total. The van der Waals surface area contributed by atoms with E-state index in [1.54, 1.807) is 0 Å². The molecule has 0 heterocycles. The minimum atomic E-state index is -0.729. The van der Waals surface area contributed by atoms with Gasteiger partial charge in [0.1, 0.15) is 5.54 Å². The van der Waals surface area contributed by atoms with Gasteiger partial charge >= 0.3 is 5.97 Å². The summed E-state index contributed by atoms with van der Waals surface area (Å²) in [5, 5.41) is 3.39. The Bertz CT molecular complexity index is 411. The van der Waals surface area contributed by atoms with Crippen LogP contribution in [0.25, 0.3) is 0 Å². The summed E-state index contributed by atoms with van der Waals surface area (Å²) in [7, 11) is 0. The molecule has 4 heteroatoms. The molecule has 1 aromatic carbocycles. The Balaban J connectivity index is 3.01. The Morgan fingerprint density at radius 1 is 1.19 bits per heavy atom. The first kappa shape index (κ1) is 18.1. The van der Waals surface area contributed by atoms with Gasteiger partial charge in [-0.25, -0.2) is 4.79 Å². The number of esters is 1. The fourth-order valence-corrected chi connectivity index (χ4v) is 3.32. The van der Waals surface area contributed by atoms with E-state index in [0.717, 1.165) is 36.5 Å². The first-order chi connectivity index (χ1) is 10.2. The summed E-state index contributed by atoms with van der Waals surface area (Å²) in [4.78, 5) is 12.6. The Hall–Kier alpha value is -1.00. The van der Waals surface area contributed by atoms with E-state index in [-0.39, 0.29) is 5.97 Å². The summed E-state index contributed by atoms with van der Waals surface area (Å²) >= 11 is 1.89. The highest BCUT2D eigenvalue weighted by atomic mass is 32.2. The molecular weight excluding hydrogens is 282 g/mol. The van der Waals surface area contributed by atoms with Crippen molar-refractivity contribution < 1.29 is 9.53 Å². The first-order valence-electron chi connectivity index (χ1n) is 7.76. The Morgan fingerprint density at radius 2 is 1.90 bits per heavy atom. The van der Waals surface area contributed by atoms with Crippen molar-refractivity contribution in [1.82, 2.24) is 5.32 Å². The number of likely N-dealkylation sites (N-methyl/N-ethyl adjacent to an activating group) is 1. The third-order valence-corrected chi connectivity index (χ3v) is 4.53. The van der Waals surface area contributed by atoms with E-state index < -0.39 is 5.54 Å². The molecule has 0 aliphatic heterocycles. The van der Waals surface area contributed by atoms with Crippen LogP contribution in [-0.4, -0.2) is 30.6 Å². The second kappa shape index (κ2) is 9.85. The van der Waals surface area contributed by atoms with Crippen molar-refractivity contribution in [3.8, 4) is 0 Å². The smallest absolute Gasteiger partial charge is 0.331 e. The molecule has 0 fully saturated rings. The van der Waals surface area contributed by atoms with Crippen molar-refractivity contribution in [2.24, 2.45) is 0 Å². The zero-order valence-electron chi connectivity index (χ0n) is 13.4. The Morgan fingerprint density at radius 3 is 2.48 bits per heavy atom. The molecule has 0 bridgehead atoms. The topological polar surface area (TPSA) is 38.3 Å². The number of rotatable bonds is 10. The molecule has 1 atom stereocenters. The van der Waals surface area contributed by atoms with Crippen LogP contribution in [0.4, 0.5) is 0 Å². The fraction of sp³-hybridized carbons (Fsp3) is 0.588. The second-order valence-electron chi connectivity index (χ2n) is 4.88. The quantitative estimate of drug-likeness (QED) is 0.529. The maximum Gasteiger partial charge on any atom is 0.331 e. The van der Waals surface area contributed by atoms with E-state index in [1.807, 2.05) is 55.9 Å². The maximum atomic E-state index is 12.6. The van der Waals surface area contributed by atoms with Crippen molar-refractivity contribution in [3.05, 3.63) is 35.9 Å². The molecule has 0 spiro atoms. The predicted molar refractivity (Wildman–Crippen MR) is 90.7 cm³/mol. The van der Waals surface area contributed by atoms with Gasteiger partial charge in [-0.3, -0.25) is 5.32 Å². The molecule has 1 rings (SSSR count). The molecule has 0 radical (unpaired) electrons. The number of nitrogens with one attached hydrogen (secondary N) is 1. The summed E-state index contributed by atoms with van der Waals surface area (Å²) in [6, 6.07) is 9.92. The van der Waals surface area contributed by atoms with E-state index in [0.29, 0.717) is 6.61 Å². The van der Waals surface area contributed by atoms with Gasteiger partial charge in [0.15, 0.2) is 0 Å². The van der Waals surface area contributed by atoms with Gasteiger partial charge in [0.25, 0.3) is 0 Å². The largest absolute Gasteiger partial charge is 0.464 e. The number of benzene rings is 1. The van der Waals surface area contributed by atoms with E-state index in [4.69, 9.17) is 4.74 Å². The maximum absolute atomic E-state index is 12.6. The highest BCUT2D eigenvalue weighted by molar-refractivity contribution is 7.99. The van der Waals surface area contributed by atoms with E-state index >= 15 is 0 Å². The average Bonchev–Trinajstić information content (AvgIpc) is 2.51. The van der Waals surface area contributed by atoms with Gasteiger partial charge in [-0.1, -0.05) is 44.2 Å². The molecule has 0 saturated carbocycles. The molecule has 21 heavy (non-hydrogen) atoms. The van der Waals surface area contributed by atoms with Crippen molar-refractivity contribution in [1.29, 1.82) is 0 Å². The lowest BCUT2D eigenvalue weighted by Crippen LogP contribution is -2.50. The molecule has 0 amide bonds. The summed E-state index contributed by atoms with van der Waals surface area (Å²) in [6.45, 7) is 7.18. The molecular formula is C17H27NO2S. The van der Waals surface area contributed by atoms with E-state index in [1.165, 1.54) is 0 Å². The Kier molecular flexibility index (Phi) is 8.47. The lowest BCUT2D eigenvalue weighted by molar-refractivity contribution is -0.152. The van der Waals surface area contributed by atoms with Gasteiger partial charge in [0, 0.05) is 0 Å². The molecule has 0 aliphatic carbocycles. The number of ether oxygens (including phenoxy) is 1. The number of carbonyl (C=O) groups is 1. The second-order valence-corrected chi connectivity index (χ2v) is 6.11. The van der Waals surface area contributed by atoms with Gasteiger partial charge in [0.2, 0.25) is 0 Å². The van der Waals surface area contributed by atoms with Crippen LogP contribution < -0.4 is 5.32 Å². The van der Waals surface area contributed by atoms with Gasteiger partial charge in [-0.15, -0.1) is 0 Å². The van der Waals surface area contributed by atoms with Gasteiger partial charge < -0.3 is 4.74 Å². The van der Waals surface area contributed by atoms with Crippen LogP contribution in [0.15, 0.2) is 30.3 Å². The predicted octanol–water partition coefficient (Wildman–Crippen LogP) is 3.59. The molecule has 1 aromatic rings. The summed E-state index contributed by atoms with van der Waals surface area (Å²) in [5.41, 5.74) is 0.259. The molecule has 0 aromatic heterocycles. The lowest BCUT2D eigenvalue weighted by atomic mass is 9.87. The Labute approximate surface area is 132 Å². The molecule has 0 saturated heterocycles. The van der Waals surface area contributed by atoms with Crippen LogP contribution in [0, 0.1) is 0 Å². The monoisotopic (exact) mass is 309 g/mol. The van der Waals surface area contributed by atoms with Crippen molar-refractivity contribution in [3.63, 3.8) is 0 Å². The normalized spacial score (nSPS) is 13.7. The molecule has 1 N–H and O–H groups in total. The zero-order chi connectivity index (χ0) is 15.6. The SMILES string of the molecule is CCCSCCC(NCC)(C(=O)OCC)c1ccccc1. The van der Waals surface area contributed by atoms with Crippen molar-refractivity contribution >= 4 is 17.7 Å². The van der Waals surface area contributed by atoms with Crippen LogP contribution >= 0.6 is 11.8 Å². The van der Waals surface area contributed by atoms with Crippen LogP contribution in [0.2, 0.25) is 0 Å². The van der Waals surface area contributed by atoms with Crippen LogP contribution in [-0.2, 0) is 15.1 Å². The average molecular weight is 309 g/mol. The number of carbonyl (C=O) groups excluding carboxylic acids is 1. The minimum absolute atomic E-state index is 0.171. The van der Waals surface area contributed by atoms with Gasteiger partial charge in [-0.2, -0.15) is 11.8 Å². The lowest BCUT2D eigenvalue weighted by Gasteiger charge is -2.32. The molecule has 118 valence electrons. The number of thioether (sulfide) groups is 1. The fourth-order valence-electron chi connectivity index (χ4n) is 2.38. The summed E-state index contributed by atoms with van der Waals surface area (Å²) in [6.07, 6.45) is 1.90. The highest BCUT2D eigenvalue weighted by Crippen LogP contribution is 2.29.